The van der Waals surface area contributed by atoms with E-state index in [9.17, 15) is 4.79 Å². The monoisotopic (exact) mass is 506 g/mol. The first-order chi connectivity index (χ1) is 13.6. The minimum atomic E-state index is -0.178. The smallest absolute Gasteiger partial charge is 0.257 e. The number of hydrogen-bond acceptors (Lipinski definition) is 6. The zero-order chi connectivity index (χ0) is 19.5. The highest BCUT2D eigenvalue weighted by atomic mass is 79.9. The molecule has 2 aromatic carbocycles. The number of aromatic nitrogens is 2. The molecule has 2 N–H and O–H groups in total. The van der Waals surface area contributed by atoms with Gasteiger partial charge in [0.15, 0.2) is 10.3 Å². The molecule has 2 heterocycles. The molecule has 0 aliphatic rings. The van der Waals surface area contributed by atoms with E-state index in [2.05, 4.69) is 20.6 Å². The van der Waals surface area contributed by atoms with Crippen LogP contribution in [-0.2, 0) is 0 Å². The summed E-state index contributed by atoms with van der Waals surface area (Å²) in [6, 6.07) is 16.6. The summed E-state index contributed by atoms with van der Waals surface area (Å²) >= 11 is 8.93. The Bertz CT molecular complexity index is 1130. The Balaban J connectivity index is 0.00000240. The van der Waals surface area contributed by atoms with Crippen molar-refractivity contribution in [1.82, 2.24) is 9.97 Å². The molecule has 4 aromatic rings. The van der Waals surface area contributed by atoms with Crippen LogP contribution in [0.4, 0.5) is 16.0 Å². The van der Waals surface area contributed by atoms with E-state index in [1.54, 1.807) is 12.1 Å². The van der Waals surface area contributed by atoms with Crippen LogP contribution < -0.4 is 10.6 Å². The lowest BCUT2D eigenvalue weighted by Gasteiger charge is -2.02. The molecule has 9 heteroatoms. The van der Waals surface area contributed by atoms with Crippen molar-refractivity contribution in [3.8, 4) is 10.6 Å². The van der Waals surface area contributed by atoms with Gasteiger partial charge in [0, 0.05) is 21.7 Å². The molecule has 0 atom stereocenters. The third-order valence-electron chi connectivity index (χ3n) is 3.87. The fraction of sp³-hybridized carbons (Fsp3) is 0.0500. The van der Waals surface area contributed by atoms with Crippen LogP contribution in [0.15, 0.2) is 60.0 Å². The normalized spacial score (nSPS) is 10.3. The van der Waals surface area contributed by atoms with Gasteiger partial charge >= 0.3 is 0 Å². The van der Waals surface area contributed by atoms with Gasteiger partial charge in [0.1, 0.15) is 0 Å². The van der Waals surface area contributed by atoms with Crippen LogP contribution >= 0.6 is 51.3 Å². The lowest BCUT2D eigenvalue weighted by molar-refractivity contribution is 0.102. The maximum Gasteiger partial charge on any atom is 0.257 e. The Labute approximate surface area is 191 Å². The molecular formula is C20H16BrClN4OS2. The lowest BCUT2D eigenvalue weighted by Crippen LogP contribution is -2.11. The molecular weight excluding hydrogens is 492 g/mol. The third-order valence-corrected chi connectivity index (χ3v) is 5.95. The third kappa shape index (κ3) is 5.22. The molecule has 29 heavy (non-hydrogen) atoms. The number of rotatable bonds is 5. The summed E-state index contributed by atoms with van der Waals surface area (Å²) in [6.07, 6.45) is 0. The van der Waals surface area contributed by atoms with Crippen molar-refractivity contribution in [2.45, 2.75) is 6.92 Å². The topological polar surface area (TPSA) is 66.9 Å². The highest BCUT2D eigenvalue weighted by Crippen LogP contribution is 2.35. The van der Waals surface area contributed by atoms with Crippen molar-refractivity contribution in [3.05, 3.63) is 76.3 Å². The van der Waals surface area contributed by atoms with Gasteiger partial charge in [-0.25, -0.2) is 9.97 Å². The Hall–Kier alpha value is -2.26. The molecule has 0 aliphatic heterocycles. The summed E-state index contributed by atoms with van der Waals surface area (Å²) in [5, 5.41) is 10.1. The number of thiazole rings is 2. The molecule has 0 saturated carbocycles. The van der Waals surface area contributed by atoms with E-state index in [-0.39, 0.29) is 22.9 Å². The number of hydrogen-bond donors (Lipinski definition) is 2. The molecule has 5 nitrogen and oxygen atoms in total. The fourth-order valence-corrected chi connectivity index (χ4v) is 4.48. The average Bonchev–Trinajstić information content (AvgIpc) is 3.28. The summed E-state index contributed by atoms with van der Waals surface area (Å²) < 4.78 is 0. The summed E-state index contributed by atoms with van der Waals surface area (Å²) in [5.74, 6) is -0.178. The molecule has 0 bridgehead atoms. The fourth-order valence-electron chi connectivity index (χ4n) is 2.57. The number of anilines is 3. The highest BCUT2D eigenvalue weighted by molar-refractivity contribution is 8.93. The molecule has 0 unspecified atom stereocenters. The van der Waals surface area contributed by atoms with Crippen LogP contribution in [0.1, 0.15) is 16.1 Å². The molecule has 0 aliphatic carbocycles. The van der Waals surface area contributed by atoms with Crippen molar-refractivity contribution in [2.75, 3.05) is 10.6 Å². The predicted octanol–water partition coefficient (Wildman–Crippen LogP) is 6.80. The van der Waals surface area contributed by atoms with E-state index < -0.39 is 0 Å². The first-order valence-electron chi connectivity index (χ1n) is 8.41. The van der Waals surface area contributed by atoms with Gasteiger partial charge in [-0.15, -0.1) is 28.3 Å². The van der Waals surface area contributed by atoms with Gasteiger partial charge in [0.2, 0.25) is 0 Å². The summed E-state index contributed by atoms with van der Waals surface area (Å²) in [6.45, 7) is 1.91. The molecule has 1 amide bonds. The second-order valence-electron chi connectivity index (χ2n) is 5.93. The van der Waals surface area contributed by atoms with Crippen LogP contribution in [0, 0.1) is 6.92 Å². The Morgan fingerprint density at radius 1 is 1.03 bits per heavy atom. The van der Waals surface area contributed by atoms with Gasteiger partial charge in [0.05, 0.1) is 16.3 Å². The van der Waals surface area contributed by atoms with Gasteiger partial charge in [-0.05, 0) is 37.3 Å². The molecule has 4 rings (SSSR count). The molecule has 2 aromatic heterocycles. The van der Waals surface area contributed by atoms with E-state index in [1.165, 1.54) is 22.7 Å². The molecule has 148 valence electrons. The van der Waals surface area contributed by atoms with Gasteiger partial charge in [0.25, 0.3) is 5.91 Å². The minimum absolute atomic E-state index is 0. The van der Waals surface area contributed by atoms with Crippen molar-refractivity contribution < 1.29 is 4.79 Å². The summed E-state index contributed by atoms with van der Waals surface area (Å²) in [5.41, 5.74) is 3.13. The number of nitrogens with zero attached hydrogens (tertiary/aromatic N) is 2. The quantitative estimate of drug-likeness (QED) is 0.312. The van der Waals surface area contributed by atoms with Gasteiger partial charge in [-0.2, -0.15) is 0 Å². The van der Waals surface area contributed by atoms with Gasteiger partial charge in [-0.1, -0.05) is 47.2 Å². The standard InChI is InChI=1S/C20H15ClN4OS2.BrH/c1-12-17(28-20(22-12)25-18(26)13-6-3-2-4-7-13)16-11-27-19(24-16)23-15-9-5-8-14(21)10-15;/h2-11H,1H3,(H,23,24)(H,22,25,26);1H. The molecule has 0 fully saturated rings. The first-order valence-corrected chi connectivity index (χ1v) is 10.5. The number of benzene rings is 2. The minimum Gasteiger partial charge on any atom is -0.331 e. The summed E-state index contributed by atoms with van der Waals surface area (Å²) in [4.78, 5) is 22.4. The second kappa shape index (κ2) is 9.49. The van der Waals surface area contributed by atoms with Crippen LogP contribution in [0.5, 0.6) is 0 Å². The lowest BCUT2D eigenvalue weighted by atomic mass is 10.2. The maximum absolute atomic E-state index is 12.3. The van der Waals surface area contributed by atoms with Gasteiger partial charge in [-0.3, -0.25) is 10.1 Å². The summed E-state index contributed by atoms with van der Waals surface area (Å²) in [7, 11) is 0. The van der Waals surface area contributed by atoms with E-state index in [0.717, 1.165) is 27.1 Å². The van der Waals surface area contributed by atoms with E-state index in [4.69, 9.17) is 11.6 Å². The van der Waals surface area contributed by atoms with Gasteiger partial charge < -0.3 is 5.32 Å². The van der Waals surface area contributed by atoms with Crippen molar-refractivity contribution in [3.63, 3.8) is 0 Å². The number of carbonyl (C=O) groups excluding carboxylic acids is 1. The second-order valence-corrected chi connectivity index (χ2v) is 8.22. The number of nitrogens with one attached hydrogen (secondary N) is 2. The SMILES string of the molecule is Br.Cc1nc(NC(=O)c2ccccc2)sc1-c1csc(Nc2cccc(Cl)c2)n1. The number of aryl methyl sites for hydroxylation is 1. The van der Waals surface area contributed by atoms with E-state index in [0.29, 0.717) is 15.7 Å². The average molecular weight is 508 g/mol. The Morgan fingerprint density at radius 2 is 1.83 bits per heavy atom. The first kappa shape index (κ1) is 21.4. The molecule has 0 spiro atoms. The van der Waals surface area contributed by atoms with Crippen LogP contribution in [-0.4, -0.2) is 15.9 Å². The zero-order valence-electron chi connectivity index (χ0n) is 15.2. The van der Waals surface area contributed by atoms with Crippen LogP contribution in [0.2, 0.25) is 5.02 Å². The van der Waals surface area contributed by atoms with E-state index >= 15 is 0 Å². The van der Waals surface area contributed by atoms with Crippen LogP contribution in [0.25, 0.3) is 10.6 Å². The van der Waals surface area contributed by atoms with Crippen molar-refractivity contribution >= 4 is 73.1 Å². The zero-order valence-corrected chi connectivity index (χ0v) is 19.3. The Morgan fingerprint density at radius 3 is 2.59 bits per heavy atom. The maximum atomic E-state index is 12.3. The predicted molar refractivity (Wildman–Crippen MR) is 127 cm³/mol. The number of amides is 1. The van der Waals surface area contributed by atoms with E-state index in [1.807, 2.05) is 54.8 Å². The number of halogens is 2. The van der Waals surface area contributed by atoms with Crippen molar-refractivity contribution in [1.29, 1.82) is 0 Å². The Kier molecular flexibility index (Phi) is 7.02. The number of carbonyl (C=O) groups is 1. The highest BCUT2D eigenvalue weighted by Gasteiger charge is 2.15. The molecule has 0 saturated heterocycles. The largest absolute Gasteiger partial charge is 0.331 e. The van der Waals surface area contributed by atoms with Crippen LogP contribution in [0.3, 0.4) is 0 Å². The van der Waals surface area contributed by atoms with Crippen molar-refractivity contribution in [2.24, 2.45) is 0 Å². The molecule has 0 radical (unpaired) electrons.